The molecule has 0 spiro atoms. The number of hydrogen-bond acceptors (Lipinski definition) is 4. The molecule has 3 aromatic carbocycles. The first kappa shape index (κ1) is 38.4. The van der Waals surface area contributed by atoms with Crippen molar-refractivity contribution in [2.75, 3.05) is 34.8 Å². The van der Waals surface area contributed by atoms with E-state index < -0.39 is 0 Å². The van der Waals surface area contributed by atoms with E-state index in [1.165, 1.54) is 17.2 Å². The highest BCUT2D eigenvalue weighted by Gasteiger charge is 2.07. The molecule has 0 saturated heterocycles. The first-order valence-electron chi connectivity index (χ1n) is 14.2. The zero-order valence-electron chi connectivity index (χ0n) is 26.6. The number of benzene rings is 3. The Morgan fingerprint density at radius 3 is 1.85 bits per heavy atom. The molecule has 0 unspecified atom stereocenters. The van der Waals surface area contributed by atoms with Crippen LogP contribution in [0.15, 0.2) is 78.9 Å². The van der Waals surface area contributed by atoms with Crippen molar-refractivity contribution in [1.29, 1.82) is 0 Å². The van der Waals surface area contributed by atoms with Crippen LogP contribution in [-0.4, -0.2) is 50.6 Å². The normalized spacial score (nSPS) is 9.72. The van der Waals surface area contributed by atoms with Crippen LogP contribution in [0.3, 0.4) is 0 Å². The maximum absolute atomic E-state index is 12.6. The van der Waals surface area contributed by atoms with Gasteiger partial charge < -0.3 is 15.0 Å². The Morgan fingerprint density at radius 2 is 1.33 bits per heavy atom. The summed E-state index contributed by atoms with van der Waals surface area (Å²) in [5.74, 6) is 0.806. The topological polar surface area (TPSA) is 27.7 Å². The third kappa shape index (κ3) is 19.9. The van der Waals surface area contributed by atoms with Gasteiger partial charge in [0.15, 0.2) is 0 Å². The molecule has 0 saturated carbocycles. The molecule has 39 heavy (non-hydrogen) atoms. The van der Waals surface area contributed by atoms with E-state index in [1.807, 2.05) is 65.0 Å². The average molecular weight is 542 g/mol. The van der Waals surface area contributed by atoms with E-state index in [4.69, 9.17) is 4.74 Å². The molecule has 0 aliphatic rings. The summed E-state index contributed by atoms with van der Waals surface area (Å²) in [5, 5.41) is 3.13. The van der Waals surface area contributed by atoms with Crippen molar-refractivity contribution in [2.45, 2.75) is 74.1 Å². The second-order valence-electron chi connectivity index (χ2n) is 8.95. The van der Waals surface area contributed by atoms with Crippen molar-refractivity contribution < 1.29 is 9.13 Å². The SMILES string of the molecule is CC.CC.CCNCc1cccc(F)c1.CN(C)Cc1ccccc1.COc1ccccc1CN(C)C(C)C. The summed E-state index contributed by atoms with van der Waals surface area (Å²) in [6, 6.07) is 25.8. The molecule has 0 heterocycles. The van der Waals surface area contributed by atoms with E-state index in [0.29, 0.717) is 6.04 Å². The molecule has 3 rings (SSSR count). The summed E-state index contributed by atoms with van der Waals surface area (Å²) in [6.07, 6.45) is 0. The van der Waals surface area contributed by atoms with Gasteiger partial charge in [0.25, 0.3) is 0 Å². The Bertz CT molecular complexity index is 932. The van der Waals surface area contributed by atoms with Crippen molar-refractivity contribution in [3.05, 3.63) is 101 Å². The van der Waals surface area contributed by atoms with Gasteiger partial charge in [-0.25, -0.2) is 4.39 Å². The number of para-hydroxylation sites is 1. The van der Waals surface area contributed by atoms with Crippen LogP contribution in [-0.2, 0) is 19.6 Å². The third-order valence-electron chi connectivity index (χ3n) is 5.30. The number of halogens is 1. The Kier molecular flexibility index (Phi) is 25.2. The summed E-state index contributed by atoms with van der Waals surface area (Å²) >= 11 is 0. The lowest BCUT2D eigenvalue weighted by molar-refractivity contribution is 0.261. The van der Waals surface area contributed by atoms with Crippen LogP contribution >= 0.6 is 0 Å². The highest BCUT2D eigenvalue weighted by molar-refractivity contribution is 5.33. The van der Waals surface area contributed by atoms with Gasteiger partial charge in [0.2, 0.25) is 0 Å². The number of rotatable bonds is 9. The molecule has 220 valence electrons. The van der Waals surface area contributed by atoms with Gasteiger partial charge in [-0.05, 0) is 70.9 Å². The molecule has 4 nitrogen and oxygen atoms in total. The molecule has 0 bridgehead atoms. The van der Waals surface area contributed by atoms with Crippen molar-refractivity contribution in [3.63, 3.8) is 0 Å². The highest BCUT2D eigenvalue weighted by atomic mass is 19.1. The molecule has 0 fully saturated rings. The summed E-state index contributed by atoms with van der Waals surface area (Å²) in [5.41, 5.74) is 3.60. The van der Waals surface area contributed by atoms with E-state index in [0.717, 1.165) is 37.5 Å². The molecule has 0 aliphatic carbocycles. The third-order valence-corrected chi connectivity index (χ3v) is 5.30. The maximum atomic E-state index is 12.6. The summed E-state index contributed by atoms with van der Waals surface area (Å²) in [7, 11) is 7.99. The lowest BCUT2D eigenvalue weighted by Crippen LogP contribution is -2.25. The Hall–Kier alpha value is -2.73. The lowest BCUT2D eigenvalue weighted by atomic mass is 10.2. The predicted molar refractivity (Wildman–Crippen MR) is 170 cm³/mol. The predicted octanol–water partition coefficient (Wildman–Crippen LogP) is 8.27. The number of nitrogens with zero attached hydrogens (tertiary/aromatic N) is 2. The van der Waals surface area contributed by atoms with Gasteiger partial charge in [-0.15, -0.1) is 0 Å². The van der Waals surface area contributed by atoms with Crippen LogP contribution < -0.4 is 10.1 Å². The Balaban J connectivity index is 0. The Morgan fingerprint density at radius 1 is 0.769 bits per heavy atom. The van der Waals surface area contributed by atoms with E-state index in [9.17, 15) is 4.39 Å². The summed E-state index contributed by atoms with van der Waals surface area (Å²) < 4.78 is 17.9. The van der Waals surface area contributed by atoms with Crippen molar-refractivity contribution in [1.82, 2.24) is 15.1 Å². The quantitative estimate of drug-likeness (QED) is 0.295. The first-order valence-corrected chi connectivity index (χ1v) is 14.2. The second-order valence-corrected chi connectivity index (χ2v) is 8.95. The van der Waals surface area contributed by atoms with Gasteiger partial charge in [0.1, 0.15) is 11.6 Å². The highest BCUT2D eigenvalue weighted by Crippen LogP contribution is 2.19. The first-order chi connectivity index (χ1) is 18.8. The molecule has 0 atom stereocenters. The van der Waals surface area contributed by atoms with Crippen LogP contribution in [0.25, 0.3) is 0 Å². The van der Waals surface area contributed by atoms with E-state index >= 15 is 0 Å². The second kappa shape index (κ2) is 25.5. The molecular formula is C34H56FN3O. The van der Waals surface area contributed by atoms with Gasteiger partial charge in [-0.2, -0.15) is 0 Å². The molecule has 5 heteroatoms. The maximum Gasteiger partial charge on any atom is 0.123 e. The molecule has 3 aromatic rings. The fourth-order valence-corrected chi connectivity index (χ4v) is 3.15. The van der Waals surface area contributed by atoms with Crippen molar-refractivity contribution >= 4 is 0 Å². The molecule has 1 N–H and O–H groups in total. The standard InChI is InChI=1S/C12H19NO.C9H12FN.C9H13N.2C2H6/c1-10(2)13(3)9-11-7-5-6-8-12(11)14-4;1-2-11-7-8-4-3-5-9(10)6-8;1-10(2)8-9-6-4-3-5-7-9;2*1-2/h5-8,10H,9H2,1-4H3;3-6,11H,2,7H2,1H3;3-7H,8H2,1-2H3;2*1-2H3. The fourth-order valence-electron chi connectivity index (χ4n) is 3.15. The van der Waals surface area contributed by atoms with Crippen LogP contribution in [0, 0.1) is 5.82 Å². The number of nitrogens with one attached hydrogen (secondary N) is 1. The Labute approximate surface area is 240 Å². The van der Waals surface area contributed by atoms with Gasteiger partial charge in [-0.1, -0.05) is 95.3 Å². The zero-order chi connectivity index (χ0) is 30.1. The monoisotopic (exact) mass is 541 g/mol. The summed E-state index contributed by atoms with van der Waals surface area (Å²) in [6.45, 7) is 18.0. The molecule has 0 aliphatic heterocycles. The minimum atomic E-state index is -0.166. The minimum absolute atomic E-state index is 0.166. The largest absolute Gasteiger partial charge is 0.496 e. The fraction of sp³-hybridized carbons (Fsp3) is 0.471. The van der Waals surface area contributed by atoms with Gasteiger partial charge in [-0.3, -0.25) is 4.90 Å². The van der Waals surface area contributed by atoms with E-state index in [-0.39, 0.29) is 5.82 Å². The number of ether oxygens (including phenoxy) is 1. The van der Waals surface area contributed by atoms with Crippen LogP contribution in [0.1, 0.15) is 65.2 Å². The zero-order valence-corrected chi connectivity index (χ0v) is 26.6. The molecule has 0 amide bonds. The van der Waals surface area contributed by atoms with Gasteiger partial charge >= 0.3 is 0 Å². The summed E-state index contributed by atoms with van der Waals surface area (Å²) in [4.78, 5) is 4.45. The number of hydrogen-bond donors (Lipinski definition) is 1. The van der Waals surface area contributed by atoms with Crippen molar-refractivity contribution in [2.24, 2.45) is 0 Å². The van der Waals surface area contributed by atoms with E-state index in [2.05, 4.69) is 80.4 Å². The molecular weight excluding hydrogens is 485 g/mol. The smallest absolute Gasteiger partial charge is 0.123 e. The average Bonchev–Trinajstić information content (AvgIpc) is 2.95. The van der Waals surface area contributed by atoms with E-state index in [1.54, 1.807) is 19.2 Å². The van der Waals surface area contributed by atoms with Crippen LogP contribution in [0.4, 0.5) is 4.39 Å². The van der Waals surface area contributed by atoms with Gasteiger partial charge in [0.05, 0.1) is 7.11 Å². The van der Waals surface area contributed by atoms with Crippen molar-refractivity contribution in [3.8, 4) is 5.75 Å². The van der Waals surface area contributed by atoms with Crippen LogP contribution in [0.5, 0.6) is 5.75 Å². The number of methoxy groups -OCH3 is 1. The minimum Gasteiger partial charge on any atom is -0.496 e. The molecule has 0 radical (unpaired) electrons. The molecule has 0 aromatic heterocycles. The lowest BCUT2D eigenvalue weighted by Gasteiger charge is -2.21. The van der Waals surface area contributed by atoms with Crippen LogP contribution in [0.2, 0.25) is 0 Å². The van der Waals surface area contributed by atoms with Gasteiger partial charge in [0, 0.05) is 31.2 Å².